The van der Waals surface area contributed by atoms with Gasteiger partial charge < -0.3 is 20.7 Å². The quantitative estimate of drug-likeness (QED) is 0.749. The maximum absolute atomic E-state index is 13.4. The lowest BCUT2D eigenvalue weighted by atomic mass is 9.82. The Labute approximate surface area is 138 Å². The molecule has 4 N–H and O–H groups in total. The number of aromatic nitrogens is 2. The molecule has 1 aliphatic rings. The molecule has 1 fully saturated rings. The number of aliphatic hydroxyl groups is 1. The summed E-state index contributed by atoms with van der Waals surface area (Å²) in [6.45, 7) is -0.347. The van der Waals surface area contributed by atoms with E-state index in [0.29, 0.717) is 12.8 Å². The smallest absolute Gasteiger partial charge is 0.374 e. The van der Waals surface area contributed by atoms with Crippen molar-refractivity contribution in [3.63, 3.8) is 0 Å². The lowest BCUT2D eigenvalue weighted by Crippen LogP contribution is -2.56. The van der Waals surface area contributed by atoms with Crippen molar-refractivity contribution in [3.8, 4) is 0 Å². The Morgan fingerprint density at radius 2 is 2.04 bits per heavy atom. The Bertz CT molecular complexity index is 582. The van der Waals surface area contributed by atoms with E-state index >= 15 is 0 Å². The van der Waals surface area contributed by atoms with Crippen LogP contribution in [-0.4, -0.2) is 38.8 Å². The largest absolute Gasteiger partial charge is 0.424 e. The first-order valence-corrected chi connectivity index (χ1v) is 7.94. The normalized spacial score (nSPS) is 20.4. The number of carbonyl (C=O) groups excluding carboxylic acids is 1. The van der Waals surface area contributed by atoms with Crippen LogP contribution in [0.1, 0.15) is 44.3 Å². The molecule has 1 saturated carbocycles. The number of halogens is 3. The van der Waals surface area contributed by atoms with Crippen LogP contribution in [0.25, 0.3) is 0 Å². The molecule has 6 nitrogen and oxygen atoms in total. The van der Waals surface area contributed by atoms with Gasteiger partial charge in [-0.05, 0) is 12.8 Å². The van der Waals surface area contributed by atoms with E-state index in [0.717, 1.165) is 23.8 Å². The van der Waals surface area contributed by atoms with Crippen LogP contribution >= 0.6 is 0 Å². The fraction of sp³-hybridized carbons (Fsp3) is 0.733. The van der Waals surface area contributed by atoms with Gasteiger partial charge in [-0.3, -0.25) is 4.79 Å². The molecule has 1 aromatic heterocycles. The van der Waals surface area contributed by atoms with Gasteiger partial charge in [0.05, 0.1) is 5.54 Å². The van der Waals surface area contributed by atoms with Gasteiger partial charge in [0.1, 0.15) is 5.82 Å². The number of alkyl halides is 3. The zero-order valence-corrected chi connectivity index (χ0v) is 13.6. The number of aryl methyl sites for hydroxylation is 1. The average molecular weight is 348 g/mol. The number of nitrogens with zero attached hydrogens (tertiary/aromatic N) is 2. The molecule has 1 aliphatic carbocycles. The van der Waals surface area contributed by atoms with Gasteiger partial charge >= 0.3 is 6.18 Å². The van der Waals surface area contributed by atoms with E-state index < -0.39 is 35.5 Å². The molecule has 0 aliphatic heterocycles. The summed E-state index contributed by atoms with van der Waals surface area (Å²) in [5, 5.41) is 12.6. The fourth-order valence-corrected chi connectivity index (χ4v) is 3.09. The Hall–Kier alpha value is -1.61. The summed E-state index contributed by atoms with van der Waals surface area (Å²) in [6.07, 6.45) is 0.532. The van der Waals surface area contributed by atoms with Crippen LogP contribution in [-0.2, 0) is 17.4 Å². The van der Waals surface area contributed by atoms with Crippen molar-refractivity contribution in [2.24, 2.45) is 12.8 Å². The van der Waals surface area contributed by atoms with Crippen LogP contribution in [0.4, 0.5) is 13.2 Å². The molecule has 9 heteroatoms. The molecule has 24 heavy (non-hydrogen) atoms. The number of imidazole rings is 1. The van der Waals surface area contributed by atoms with Crippen LogP contribution < -0.4 is 11.1 Å². The van der Waals surface area contributed by atoms with Gasteiger partial charge in [-0.1, -0.05) is 19.3 Å². The Balaban J connectivity index is 2.04. The summed E-state index contributed by atoms with van der Waals surface area (Å²) in [6, 6.07) is 0. The van der Waals surface area contributed by atoms with Crippen LogP contribution in [0.2, 0.25) is 0 Å². The number of amides is 1. The van der Waals surface area contributed by atoms with Gasteiger partial charge in [-0.15, -0.1) is 0 Å². The van der Waals surface area contributed by atoms with E-state index in [1.807, 2.05) is 0 Å². The van der Waals surface area contributed by atoms with Crippen molar-refractivity contribution in [2.75, 3.05) is 6.54 Å². The first kappa shape index (κ1) is 18.7. The van der Waals surface area contributed by atoms with Crippen LogP contribution in [0, 0.1) is 0 Å². The number of rotatable bonds is 5. The molecule has 0 spiro atoms. The first-order valence-electron chi connectivity index (χ1n) is 7.94. The Kier molecular flexibility index (Phi) is 5.24. The van der Waals surface area contributed by atoms with Crippen molar-refractivity contribution < 1.29 is 23.1 Å². The molecule has 1 aromatic rings. The molecular formula is C15H23F3N4O2. The SMILES string of the molecule is Cn1ccnc1C(O)(CCNC(=O)C1(N)CCCCC1)C(F)(F)F. The van der Waals surface area contributed by atoms with Crippen molar-refractivity contribution in [1.82, 2.24) is 14.9 Å². The Morgan fingerprint density at radius 1 is 1.42 bits per heavy atom. The van der Waals surface area contributed by atoms with Gasteiger partial charge in [0, 0.05) is 32.4 Å². The highest BCUT2D eigenvalue weighted by Gasteiger charge is 2.57. The molecule has 1 unspecified atom stereocenters. The monoisotopic (exact) mass is 348 g/mol. The predicted octanol–water partition coefficient (Wildman–Crippen LogP) is 1.34. The molecule has 0 bridgehead atoms. The zero-order chi connectivity index (χ0) is 18.0. The number of hydrogen-bond acceptors (Lipinski definition) is 4. The minimum Gasteiger partial charge on any atom is -0.374 e. The second-order valence-electron chi connectivity index (χ2n) is 6.44. The highest BCUT2D eigenvalue weighted by Crippen LogP contribution is 2.40. The molecule has 136 valence electrons. The maximum Gasteiger partial charge on any atom is 0.424 e. The third-order valence-corrected chi connectivity index (χ3v) is 4.63. The van der Waals surface area contributed by atoms with E-state index in [1.165, 1.54) is 19.4 Å². The number of nitrogens with one attached hydrogen (secondary N) is 1. The summed E-state index contributed by atoms with van der Waals surface area (Å²) in [5.41, 5.74) is 1.88. The van der Waals surface area contributed by atoms with E-state index in [1.54, 1.807) is 0 Å². The first-order chi connectivity index (χ1) is 11.1. The average Bonchev–Trinajstić information content (AvgIpc) is 2.93. The van der Waals surface area contributed by atoms with E-state index in [-0.39, 0.29) is 6.54 Å². The number of carbonyl (C=O) groups is 1. The van der Waals surface area contributed by atoms with E-state index in [9.17, 15) is 23.1 Å². The highest BCUT2D eigenvalue weighted by molar-refractivity contribution is 5.86. The molecular weight excluding hydrogens is 325 g/mol. The minimum absolute atomic E-state index is 0.347. The van der Waals surface area contributed by atoms with Crippen molar-refractivity contribution in [2.45, 2.75) is 55.8 Å². The minimum atomic E-state index is -4.91. The number of nitrogens with two attached hydrogens (primary N) is 1. The van der Waals surface area contributed by atoms with Crippen molar-refractivity contribution in [3.05, 3.63) is 18.2 Å². The van der Waals surface area contributed by atoms with Crippen LogP contribution in [0.3, 0.4) is 0 Å². The topological polar surface area (TPSA) is 93.2 Å². The fourth-order valence-electron chi connectivity index (χ4n) is 3.09. The van der Waals surface area contributed by atoms with Gasteiger partial charge in [-0.25, -0.2) is 4.98 Å². The van der Waals surface area contributed by atoms with Crippen molar-refractivity contribution >= 4 is 5.91 Å². The molecule has 2 rings (SSSR count). The summed E-state index contributed by atoms with van der Waals surface area (Å²) in [5.74, 6) is -0.976. The van der Waals surface area contributed by atoms with Gasteiger partial charge in [-0.2, -0.15) is 13.2 Å². The maximum atomic E-state index is 13.4. The van der Waals surface area contributed by atoms with Gasteiger partial charge in [0.15, 0.2) is 0 Å². The lowest BCUT2D eigenvalue weighted by Gasteiger charge is -2.33. The highest BCUT2D eigenvalue weighted by atomic mass is 19.4. The van der Waals surface area contributed by atoms with E-state index in [2.05, 4.69) is 10.3 Å². The second kappa shape index (κ2) is 6.72. The van der Waals surface area contributed by atoms with Crippen LogP contribution in [0.15, 0.2) is 12.4 Å². The molecule has 1 heterocycles. The summed E-state index contributed by atoms with van der Waals surface area (Å²) >= 11 is 0. The van der Waals surface area contributed by atoms with Gasteiger partial charge in [0.2, 0.25) is 11.5 Å². The van der Waals surface area contributed by atoms with E-state index in [4.69, 9.17) is 5.73 Å². The zero-order valence-electron chi connectivity index (χ0n) is 13.6. The third kappa shape index (κ3) is 3.56. The summed E-state index contributed by atoms with van der Waals surface area (Å²) in [7, 11) is 1.37. The molecule has 0 aromatic carbocycles. The summed E-state index contributed by atoms with van der Waals surface area (Å²) < 4.78 is 41.2. The third-order valence-electron chi connectivity index (χ3n) is 4.63. The van der Waals surface area contributed by atoms with Gasteiger partial charge in [0.25, 0.3) is 0 Å². The number of hydrogen-bond donors (Lipinski definition) is 3. The molecule has 0 radical (unpaired) electrons. The molecule has 0 saturated heterocycles. The molecule has 1 amide bonds. The second-order valence-corrected chi connectivity index (χ2v) is 6.44. The summed E-state index contributed by atoms with van der Waals surface area (Å²) in [4.78, 5) is 15.8. The van der Waals surface area contributed by atoms with Crippen LogP contribution in [0.5, 0.6) is 0 Å². The predicted molar refractivity (Wildman–Crippen MR) is 80.8 cm³/mol. The lowest BCUT2D eigenvalue weighted by molar-refractivity contribution is -0.272. The standard InChI is InChI=1S/C15H23F3N4O2/c1-22-10-9-20-11(22)14(24,15(16,17)18)7-8-21-12(23)13(19)5-3-2-4-6-13/h9-10,24H,2-8,19H2,1H3,(H,21,23). The molecule has 1 atom stereocenters. The van der Waals surface area contributed by atoms with Crippen molar-refractivity contribution in [1.29, 1.82) is 0 Å². The Morgan fingerprint density at radius 3 is 2.54 bits per heavy atom.